The maximum absolute atomic E-state index is 7.32. The normalized spacial score (nSPS) is 10.3. The van der Waals surface area contributed by atoms with E-state index < -0.39 is 0 Å². The minimum Gasteiger partial charge on any atom is -0.387 e. The van der Waals surface area contributed by atoms with Crippen LogP contribution in [0.15, 0.2) is 48.9 Å². The highest BCUT2D eigenvalue weighted by atomic mass is 16.5. The molecule has 0 bridgehead atoms. The average Bonchev–Trinajstić information content (AvgIpc) is 2.97. The summed E-state index contributed by atoms with van der Waals surface area (Å²) in [4.78, 5) is 11.9. The van der Waals surface area contributed by atoms with Gasteiger partial charge in [0.25, 0.3) is 0 Å². The monoisotopic (exact) mass is 281 g/mol. The predicted molar refractivity (Wildman–Crippen MR) is 74.5 cm³/mol. The number of rotatable bonds is 4. The summed E-state index contributed by atoms with van der Waals surface area (Å²) >= 11 is 0. The van der Waals surface area contributed by atoms with Crippen LogP contribution in [0.3, 0.4) is 0 Å². The van der Waals surface area contributed by atoms with E-state index in [2.05, 4.69) is 20.1 Å². The molecule has 0 fully saturated rings. The van der Waals surface area contributed by atoms with Gasteiger partial charge in [-0.25, -0.2) is 9.67 Å². The van der Waals surface area contributed by atoms with Crippen molar-refractivity contribution in [3.63, 3.8) is 0 Å². The first-order valence-corrected chi connectivity index (χ1v) is 6.05. The minimum atomic E-state index is -0.162. The van der Waals surface area contributed by atoms with Crippen molar-refractivity contribution in [2.24, 2.45) is 5.73 Å². The van der Waals surface area contributed by atoms with Crippen LogP contribution < -0.4 is 10.5 Å². The highest BCUT2D eigenvalue weighted by Gasteiger charge is 2.08. The number of para-hydroxylation sites is 1. The first-order chi connectivity index (χ1) is 10.2. The van der Waals surface area contributed by atoms with Gasteiger partial charge < -0.3 is 10.5 Å². The second-order valence-corrected chi connectivity index (χ2v) is 4.05. The molecule has 0 aliphatic carbocycles. The highest BCUT2D eigenvalue weighted by molar-refractivity contribution is 5.92. The van der Waals surface area contributed by atoms with Crippen molar-refractivity contribution in [2.75, 3.05) is 0 Å². The second-order valence-electron chi connectivity index (χ2n) is 4.05. The van der Waals surface area contributed by atoms with Gasteiger partial charge in [-0.05, 0) is 18.2 Å². The molecule has 21 heavy (non-hydrogen) atoms. The molecule has 1 aromatic carbocycles. The Bertz CT molecular complexity index is 769. The quantitative estimate of drug-likeness (QED) is 0.547. The smallest absolute Gasteiger partial charge is 0.343 e. The molecule has 0 saturated carbocycles. The molecule has 2 heterocycles. The summed E-state index contributed by atoms with van der Waals surface area (Å²) in [6, 6.07) is 11.2. The maximum atomic E-state index is 7.32. The van der Waals surface area contributed by atoms with E-state index in [0.29, 0.717) is 0 Å². The van der Waals surface area contributed by atoms with Gasteiger partial charge in [0, 0.05) is 6.20 Å². The van der Waals surface area contributed by atoms with Gasteiger partial charge in [0.05, 0.1) is 5.69 Å². The summed E-state index contributed by atoms with van der Waals surface area (Å²) in [7, 11) is 0. The summed E-state index contributed by atoms with van der Waals surface area (Å²) in [5.74, 6) is -0.162. The lowest BCUT2D eigenvalue weighted by Gasteiger charge is -2.01. The Hall–Kier alpha value is -3.29. The Morgan fingerprint density at radius 2 is 1.90 bits per heavy atom. The van der Waals surface area contributed by atoms with E-state index in [9.17, 15) is 0 Å². The molecule has 8 nitrogen and oxygen atoms in total. The number of nitrogens with one attached hydrogen (secondary N) is 1. The standard InChI is InChI=1S/C13H11N7O/c14-11(15)10-6-7-16-12(18-10)21-13-17-8-20(19-13)9-4-2-1-3-5-9/h1-8H,(H3,14,15). The fourth-order valence-corrected chi connectivity index (χ4v) is 1.62. The summed E-state index contributed by atoms with van der Waals surface area (Å²) < 4.78 is 6.93. The molecule has 3 N–H and O–H groups in total. The molecule has 3 rings (SSSR count). The zero-order valence-corrected chi connectivity index (χ0v) is 10.8. The van der Waals surface area contributed by atoms with E-state index in [1.807, 2.05) is 30.3 Å². The number of nitrogen functional groups attached to an aromatic ring is 1. The molecule has 0 amide bonds. The molecule has 8 heteroatoms. The van der Waals surface area contributed by atoms with Crippen molar-refractivity contribution in [1.82, 2.24) is 24.7 Å². The third-order valence-corrected chi connectivity index (χ3v) is 2.58. The number of nitrogens with zero attached hydrogens (tertiary/aromatic N) is 5. The topological polar surface area (TPSA) is 116 Å². The lowest BCUT2D eigenvalue weighted by Crippen LogP contribution is -2.13. The Morgan fingerprint density at radius 1 is 1.10 bits per heavy atom. The van der Waals surface area contributed by atoms with Crippen molar-refractivity contribution in [3.05, 3.63) is 54.6 Å². The zero-order valence-electron chi connectivity index (χ0n) is 10.8. The summed E-state index contributed by atoms with van der Waals surface area (Å²) in [5.41, 5.74) is 6.50. The Labute approximate surface area is 119 Å². The molecular formula is C13H11N7O. The van der Waals surface area contributed by atoms with Crippen LogP contribution in [0.2, 0.25) is 0 Å². The number of hydrogen-bond donors (Lipinski definition) is 2. The van der Waals surface area contributed by atoms with Crippen LogP contribution in [-0.2, 0) is 0 Å². The second kappa shape index (κ2) is 5.37. The first-order valence-electron chi connectivity index (χ1n) is 6.05. The van der Waals surface area contributed by atoms with Crippen LogP contribution in [-0.4, -0.2) is 30.6 Å². The van der Waals surface area contributed by atoms with Crippen LogP contribution in [0.25, 0.3) is 5.69 Å². The molecule has 2 aromatic heterocycles. The van der Waals surface area contributed by atoms with Gasteiger partial charge in [0.2, 0.25) is 0 Å². The third kappa shape index (κ3) is 2.84. The number of hydrogen-bond acceptors (Lipinski definition) is 6. The Morgan fingerprint density at radius 3 is 2.67 bits per heavy atom. The van der Waals surface area contributed by atoms with Crippen molar-refractivity contribution < 1.29 is 4.74 Å². The van der Waals surface area contributed by atoms with Crippen molar-refractivity contribution in [3.8, 4) is 17.7 Å². The number of aromatic nitrogens is 5. The summed E-state index contributed by atoms with van der Waals surface area (Å²) in [6.45, 7) is 0. The van der Waals surface area contributed by atoms with Crippen LogP contribution in [0, 0.1) is 5.41 Å². The van der Waals surface area contributed by atoms with Crippen LogP contribution in [0.4, 0.5) is 0 Å². The van der Waals surface area contributed by atoms with Gasteiger partial charge in [-0.2, -0.15) is 9.97 Å². The van der Waals surface area contributed by atoms with Crippen LogP contribution in [0.5, 0.6) is 12.0 Å². The third-order valence-electron chi connectivity index (χ3n) is 2.58. The fraction of sp³-hybridized carbons (Fsp3) is 0. The predicted octanol–water partition coefficient (Wildman–Crippen LogP) is 1.13. The Balaban J connectivity index is 1.82. The van der Waals surface area contributed by atoms with Gasteiger partial charge in [0.1, 0.15) is 17.9 Å². The van der Waals surface area contributed by atoms with Gasteiger partial charge >= 0.3 is 12.0 Å². The number of ether oxygens (including phenoxy) is 1. The fourth-order valence-electron chi connectivity index (χ4n) is 1.62. The molecule has 0 unspecified atom stereocenters. The molecule has 104 valence electrons. The van der Waals surface area contributed by atoms with Gasteiger partial charge in [-0.1, -0.05) is 18.2 Å². The molecule has 0 spiro atoms. The first kappa shape index (κ1) is 12.7. The molecule has 3 aromatic rings. The SMILES string of the molecule is N=C(N)c1ccnc(Oc2ncn(-c3ccccc3)n2)n1. The molecule has 0 radical (unpaired) electrons. The van der Waals surface area contributed by atoms with E-state index in [1.54, 1.807) is 4.68 Å². The van der Waals surface area contributed by atoms with Crippen LogP contribution >= 0.6 is 0 Å². The summed E-state index contributed by atoms with van der Waals surface area (Å²) in [6.07, 6.45) is 2.98. The molecule has 0 saturated heterocycles. The lowest BCUT2D eigenvalue weighted by atomic mass is 10.3. The van der Waals surface area contributed by atoms with E-state index in [-0.39, 0.29) is 23.6 Å². The van der Waals surface area contributed by atoms with Gasteiger partial charge in [0.15, 0.2) is 0 Å². The Kier molecular flexibility index (Phi) is 3.26. The minimum absolute atomic E-state index is 0.0357. The molecule has 0 aliphatic rings. The van der Waals surface area contributed by atoms with Gasteiger partial charge in [-0.15, -0.1) is 5.10 Å². The van der Waals surface area contributed by atoms with Gasteiger partial charge in [-0.3, -0.25) is 5.41 Å². The van der Waals surface area contributed by atoms with Crippen molar-refractivity contribution in [1.29, 1.82) is 5.41 Å². The molecule has 0 atom stereocenters. The number of amidine groups is 1. The van der Waals surface area contributed by atoms with Crippen molar-refractivity contribution in [2.45, 2.75) is 0 Å². The van der Waals surface area contributed by atoms with E-state index >= 15 is 0 Å². The summed E-state index contributed by atoms with van der Waals surface area (Å²) in [5, 5.41) is 11.5. The molecular weight excluding hydrogens is 270 g/mol. The lowest BCUT2D eigenvalue weighted by molar-refractivity contribution is 0.406. The van der Waals surface area contributed by atoms with E-state index in [0.717, 1.165) is 5.69 Å². The van der Waals surface area contributed by atoms with E-state index in [4.69, 9.17) is 15.9 Å². The van der Waals surface area contributed by atoms with Crippen molar-refractivity contribution >= 4 is 5.84 Å². The number of benzene rings is 1. The number of nitrogens with two attached hydrogens (primary N) is 1. The zero-order chi connectivity index (χ0) is 14.7. The van der Waals surface area contributed by atoms with E-state index in [1.165, 1.54) is 18.6 Å². The van der Waals surface area contributed by atoms with Crippen LogP contribution in [0.1, 0.15) is 5.69 Å². The molecule has 0 aliphatic heterocycles. The highest BCUT2D eigenvalue weighted by Crippen LogP contribution is 2.13. The maximum Gasteiger partial charge on any atom is 0.343 e. The largest absolute Gasteiger partial charge is 0.387 e. The average molecular weight is 281 g/mol.